The average Bonchev–Trinajstić information content (AvgIpc) is 2.56. The zero-order chi connectivity index (χ0) is 17.5. The predicted octanol–water partition coefficient (Wildman–Crippen LogP) is 6.05. The van der Waals surface area contributed by atoms with Crippen LogP contribution in [0.25, 0.3) is 0 Å². The van der Waals surface area contributed by atoms with Crippen LogP contribution >= 0.6 is 23.2 Å². The molecule has 0 aromatic heterocycles. The minimum absolute atomic E-state index is 0.0529. The van der Waals surface area contributed by atoms with E-state index < -0.39 is 0 Å². The van der Waals surface area contributed by atoms with Crippen LogP contribution in [0.3, 0.4) is 0 Å². The molecule has 0 saturated carbocycles. The first-order valence-corrected chi connectivity index (χ1v) is 8.85. The summed E-state index contributed by atoms with van der Waals surface area (Å²) in [5, 5.41) is 4.46. The van der Waals surface area contributed by atoms with Crippen molar-refractivity contribution in [3.8, 4) is 11.5 Å². The van der Waals surface area contributed by atoms with E-state index in [4.69, 9.17) is 32.7 Å². The fourth-order valence-corrected chi connectivity index (χ4v) is 2.54. The standard InChI is InChI=1S/C19H23Cl2NO2/c1-4-13(2)23-17-7-5-6-16(11-17)22-12-14(3)24-19-9-8-15(20)10-18(19)21/h5-11,13-14,22H,4,12H2,1-3H3. The molecule has 0 spiro atoms. The van der Waals surface area contributed by atoms with Crippen molar-refractivity contribution in [2.75, 3.05) is 11.9 Å². The fraction of sp³-hybridized carbons (Fsp3) is 0.368. The second-order valence-corrected chi connectivity index (χ2v) is 6.59. The molecule has 0 aliphatic carbocycles. The van der Waals surface area contributed by atoms with Crippen LogP contribution in [0.4, 0.5) is 5.69 Å². The number of hydrogen-bond acceptors (Lipinski definition) is 3. The summed E-state index contributed by atoms with van der Waals surface area (Å²) in [4.78, 5) is 0. The molecule has 0 saturated heterocycles. The van der Waals surface area contributed by atoms with Gasteiger partial charge in [-0.25, -0.2) is 0 Å². The fourth-order valence-electron chi connectivity index (χ4n) is 2.09. The molecule has 2 unspecified atom stereocenters. The molecule has 2 atom stereocenters. The second-order valence-electron chi connectivity index (χ2n) is 5.75. The van der Waals surface area contributed by atoms with E-state index in [1.165, 1.54) is 0 Å². The largest absolute Gasteiger partial charge is 0.491 e. The third kappa shape index (κ3) is 5.81. The van der Waals surface area contributed by atoms with Crippen LogP contribution in [-0.4, -0.2) is 18.8 Å². The van der Waals surface area contributed by atoms with Crippen LogP contribution in [0, 0.1) is 0 Å². The van der Waals surface area contributed by atoms with E-state index in [2.05, 4.69) is 19.2 Å². The van der Waals surface area contributed by atoms with Crippen molar-refractivity contribution < 1.29 is 9.47 Å². The van der Waals surface area contributed by atoms with Crippen LogP contribution in [0.2, 0.25) is 10.0 Å². The van der Waals surface area contributed by atoms with E-state index in [9.17, 15) is 0 Å². The van der Waals surface area contributed by atoms with Gasteiger partial charge in [0.15, 0.2) is 0 Å². The van der Waals surface area contributed by atoms with E-state index in [1.807, 2.05) is 31.2 Å². The molecule has 0 amide bonds. The van der Waals surface area contributed by atoms with E-state index in [0.29, 0.717) is 22.3 Å². The predicted molar refractivity (Wildman–Crippen MR) is 102 cm³/mol. The third-order valence-corrected chi connectivity index (χ3v) is 4.09. The highest BCUT2D eigenvalue weighted by atomic mass is 35.5. The molecule has 3 nitrogen and oxygen atoms in total. The van der Waals surface area contributed by atoms with Gasteiger partial charge in [-0.05, 0) is 50.6 Å². The summed E-state index contributed by atoms with van der Waals surface area (Å²) < 4.78 is 11.7. The molecule has 1 N–H and O–H groups in total. The highest BCUT2D eigenvalue weighted by Crippen LogP contribution is 2.28. The van der Waals surface area contributed by atoms with Gasteiger partial charge < -0.3 is 14.8 Å². The SMILES string of the molecule is CCC(C)Oc1cccc(NCC(C)Oc2ccc(Cl)cc2Cl)c1. The summed E-state index contributed by atoms with van der Waals surface area (Å²) in [6.45, 7) is 6.79. The monoisotopic (exact) mass is 367 g/mol. The molecule has 0 aliphatic heterocycles. The Hall–Kier alpha value is -1.58. The van der Waals surface area contributed by atoms with E-state index in [0.717, 1.165) is 17.9 Å². The molecular weight excluding hydrogens is 345 g/mol. The van der Waals surface area contributed by atoms with Crippen molar-refractivity contribution in [3.05, 3.63) is 52.5 Å². The van der Waals surface area contributed by atoms with E-state index in [1.54, 1.807) is 18.2 Å². The maximum absolute atomic E-state index is 6.13. The molecule has 0 aliphatic rings. The maximum atomic E-state index is 6.13. The van der Waals surface area contributed by atoms with Gasteiger partial charge in [0.2, 0.25) is 0 Å². The lowest BCUT2D eigenvalue weighted by molar-refractivity contribution is 0.217. The number of anilines is 1. The maximum Gasteiger partial charge on any atom is 0.138 e. The van der Waals surface area contributed by atoms with Gasteiger partial charge >= 0.3 is 0 Å². The van der Waals surface area contributed by atoms with Crippen molar-refractivity contribution in [2.24, 2.45) is 0 Å². The Morgan fingerprint density at radius 1 is 1.00 bits per heavy atom. The van der Waals surface area contributed by atoms with E-state index >= 15 is 0 Å². The summed E-state index contributed by atoms with van der Waals surface area (Å²) >= 11 is 12.0. The summed E-state index contributed by atoms with van der Waals surface area (Å²) in [6, 6.07) is 13.2. The molecule has 130 valence electrons. The number of halogens is 2. The summed E-state index contributed by atoms with van der Waals surface area (Å²) in [6.07, 6.45) is 1.13. The summed E-state index contributed by atoms with van der Waals surface area (Å²) in [5.41, 5.74) is 0.994. The Labute approximate surface area is 153 Å². The van der Waals surface area contributed by atoms with E-state index in [-0.39, 0.29) is 12.2 Å². The third-order valence-electron chi connectivity index (χ3n) is 3.56. The lowest BCUT2D eigenvalue weighted by Gasteiger charge is -2.18. The minimum atomic E-state index is -0.0529. The second kappa shape index (κ2) is 9.05. The van der Waals surface area contributed by atoms with Crippen LogP contribution in [0.1, 0.15) is 27.2 Å². The molecule has 0 fully saturated rings. The molecule has 2 aromatic carbocycles. The average molecular weight is 368 g/mol. The Morgan fingerprint density at radius 2 is 1.79 bits per heavy atom. The number of nitrogens with one attached hydrogen (secondary N) is 1. The Balaban J connectivity index is 1.89. The highest BCUT2D eigenvalue weighted by Gasteiger charge is 2.08. The summed E-state index contributed by atoms with van der Waals surface area (Å²) in [7, 11) is 0. The van der Waals surface area contributed by atoms with Crippen molar-refractivity contribution in [2.45, 2.75) is 39.4 Å². The van der Waals surface area contributed by atoms with Crippen LogP contribution < -0.4 is 14.8 Å². The minimum Gasteiger partial charge on any atom is -0.491 e. The first-order chi connectivity index (χ1) is 11.5. The van der Waals surface area contributed by atoms with Gasteiger partial charge in [-0.3, -0.25) is 0 Å². The zero-order valence-corrected chi connectivity index (χ0v) is 15.7. The summed E-state index contributed by atoms with van der Waals surface area (Å²) in [5.74, 6) is 1.49. The number of ether oxygens (including phenoxy) is 2. The molecular formula is C19H23Cl2NO2. The van der Waals surface area contributed by atoms with Gasteiger partial charge in [0.05, 0.1) is 17.7 Å². The number of benzene rings is 2. The van der Waals surface area contributed by atoms with Gasteiger partial charge in [-0.2, -0.15) is 0 Å². The molecule has 24 heavy (non-hydrogen) atoms. The van der Waals surface area contributed by atoms with Gasteiger partial charge in [-0.15, -0.1) is 0 Å². The molecule has 0 radical (unpaired) electrons. The first kappa shape index (κ1) is 18.8. The number of rotatable bonds is 8. The molecule has 2 aromatic rings. The molecule has 2 rings (SSSR count). The van der Waals surface area contributed by atoms with Crippen LogP contribution in [-0.2, 0) is 0 Å². The Morgan fingerprint density at radius 3 is 2.50 bits per heavy atom. The topological polar surface area (TPSA) is 30.5 Å². The van der Waals surface area contributed by atoms with Crippen molar-refractivity contribution in [1.82, 2.24) is 0 Å². The highest BCUT2D eigenvalue weighted by molar-refractivity contribution is 6.35. The van der Waals surface area contributed by atoms with Gasteiger partial charge in [0.1, 0.15) is 17.6 Å². The normalized spacial score (nSPS) is 13.2. The molecule has 0 bridgehead atoms. The zero-order valence-electron chi connectivity index (χ0n) is 14.2. The number of hydrogen-bond donors (Lipinski definition) is 1. The quantitative estimate of drug-likeness (QED) is 0.615. The smallest absolute Gasteiger partial charge is 0.138 e. The Bertz CT molecular complexity index is 664. The van der Waals surface area contributed by atoms with Crippen LogP contribution in [0.5, 0.6) is 11.5 Å². The Kier molecular flexibility index (Phi) is 7.07. The van der Waals surface area contributed by atoms with Crippen molar-refractivity contribution in [3.63, 3.8) is 0 Å². The lowest BCUT2D eigenvalue weighted by Crippen LogP contribution is -2.22. The van der Waals surface area contributed by atoms with Crippen LogP contribution in [0.15, 0.2) is 42.5 Å². The van der Waals surface area contributed by atoms with Crippen molar-refractivity contribution >= 4 is 28.9 Å². The molecule has 5 heteroatoms. The first-order valence-electron chi connectivity index (χ1n) is 8.10. The van der Waals surface area contributed by atoms with Gasteiger partial charge in [-0.1, -0.05) is 36.2 Å². The van der Waals surface area contributed by atoms with Gasteiger partial charge in [0, 0.05) is 16.8 Å². The van der Waals surface area contributed by atoms with Crippen molar-refractivity contribution in [1.29, 1.82) is 0 Å². The molecule has 0 heterocycles. The van der Waals surface area contributed by atoms with Gasteiger partial charge in [0.25, 0.3) is 0 Å². The lowest BCUT2D eigenvalue weighted by atomic mass is 10.2.